The zero-order valence-electron chi connectivity index (χ0n) is 16.4. The number of nitrogens with zero attached hydrogens (tertiary/aromatic N) is 1. The molecule has 5 heteroatoms. The molecule has 0 heterocycles. The molecular weight excluding hydrogens is 360 g/mol. The summed E-state index contributed by atoms with van der Waals surface area (Å²) in [5, 5.41) is 3.67. The second kappa shape index (κ2) is 9.56. The topological polar surface area (TPSA) is 49.4 Å². The number of hydrogen-bond donors (Lipinski definition) is 1. The van der Waals surface area contributed by atoms with Crippen molar-refractivity contribution in [3.05, 3.63) is 63.7 Å². The molecule has 0 fully saturated rings. The number of hydrogen-bond acceptors (Lipinski definition) is 2. The molecule has 0 unspecified atom stereocenters. The lowest BCUT2D eigenvalue weighted by atomic mass is 10.0. The largest absolute Gasteiger partial charge is 0.342 e. The average Bonchev–Trinajstić information content (AvgIpc) is 2.57. The molecule has 0 bridgehead atoms. The first kappa shape index (κ1) is 21.0. The minimum absolute atomic E-state index is 0.0347. The lowest BCUT2D eigenvalue weighted by molar-refractivity contribution is -0.129. The van der Waals surface area contributed by atoms with E-state index in [0.29, 0.717) is 24.5 Å². The highest BCUT2D eigenvalue weighted by Crippen LogP contribution is 2.22. The third-order valence-corrected chi connectivity index (χ3v) is 4.79. The zero-order chi connectivity index (χ0) is 20.0. The Morgan fingerprint density at radius 3 is 2.30 bits per heavy atom. The minimum Gasteiger partial charge on any atom is -0.342 e. The van der Waals surface area contributed by atoms with Gasteiger partial charge in [-0.15, -0.1) is 0 Å². The third-order valence-electron chi connectivity index (χ3n) is 4.55. The van der Waals surface area contributed by atoms with E-state index in [1.54, 1.807) is 4.90 Å². The van der Waals surface area contributed by atoms with Gasteiger partial charge in [-0.05, 0) is 56.0 Å². The number of aryl methyl sites for hydroxylation is 3. The summed E-state index contributed by atoms with van der Waals surface area (Å²) in [6.45, 7) is 8.50. The van der Waals surface area contributed by atoms with E-state index < -0.39 is 0 Å². The van der Waals surface area contributed by atoms with E-state index in [2.05, 4.69) is 17.4 Å². The lowest BCUT2D eigenvalue weighted by Crippen LogP contribution is -2.33. The summed E-state index contributed by atoms with van der Waals surface area (Å²) in [5.74, 6) is -0.119. The maximum absolute atomic E-state index is 12.4. The number of anilines is 1. The Hall–Kier alpha value is -2.33. The molecule has 0 spiro atoms. The molecule has 4 nitrogen and oxygen atoms in total. The third kappa shape index (κ3) is 6.40. The lowest BCUT2D eigenvalue weighted by Gasteiger charge is -2.21. The summed E-state index contributed by atoms with van der Waals surface area (Å²) in [5.41, 5.74) is 5.20. The summed E-state index contributed by atoms with van der Waals surface area (Å²) in [6, 6.07) is 11.7. The first-order valence-electron chi connectivity index (χ1n) is 9.14. The highest BCUT2D eigenvalue weighted by molar-refractivity contribution is 6.30. The van der Waals surface area contributed by atoms with E-state index >= 15 is 0 Å². The van der Waals surface area contributed by atoms with Gasteiger partial charge in [-0.25, -0.2) is 0 Å². The molecule has 0 radical (unpaired) electrons. The SMILES string of the molecule is CC(=O)N(CCC(=O)Nc1c(C)cc(C)cc1C)CCc1cccc(Cl)c1. The van der Waals surface area contributed by atoms with Gasteiger partial charge in [0.1, 0.15) is 0 Å². The van der Waals surface area contributed by atoms with Crippen LogP contribution in [0.5, 0.6) is 0 Å². The molecular formula is C22H27ClN2O2. The van der Waals surface area contributed by atoms with Crippen molar-refractivity contribution in [2.45, 2.75) is 40.5 Å². The minimum atomic E-state index is -0.0842. The van der Waals surface area contributed by atoms with Crippen LogP contribution >= 0.6 is 11.6 Å². The van der Waals surface area contributed by atoms with Crippen LogP contribution in [0.2, 0.25) is 5.02 Å². The predicted molar refractivity (Wildman–Crippen MR) is 111 cm³/mol. The fourth-order valence-corrected chi connectivity index (χ4v) is 3.41. The zero-order valence-corrected chi connectivity index (χ0v) is 17.2. The first-order chi connectivity index (χ1) is 12.8. The van der Waals surface area contributed by atoms with Gasteiger partial charge in [-0.1, -0.05) is 41.4 Å². The Kier molecular flexibility index (Phi) is 7.43. The fraction of sp³-hybridized carbons (Fsp3) is 0.364. The van der Waals surface area contributed by atoms with Crippen LogP contribution in [0.4, 0.5) is 5.69 Å². The number of halogens is 1. The summed E-state index contributed by atoms with van der Waals surface area (Å²) in [4.78, 5) is 26.0. The van der Waals surface area contributed by atoms with Gasteiger partial charge in [0.05, 0.1) is 0 Å². The van der Waals surface area contributed by atoms with Crippen molar-refractivity contribution >= 4 is 29.1 Å². The number of amides is 2. The quantitative estimate of drug-likeness (QED) is 0.750. The average molecular weight is 387 g/mol. The number of nitrogens with one attached hydrogen (secondary N) is 1. The Morgan fingerprint density at radius 2 is 1.70 bits per heavy atom. The fourth-order valence-electron chi connectivity index (χ4n) is 3.20. The van der Waals surface area contributed by atoms with Gasteiger partial charge in [-0.3, -0.25) is 9.59 Å². The van der Waals surface area contributed by atoms with Crippen molar-refractivity contribution in [3.8, 4) is 0 Å². The molecule has 2 amide bonds. The summed E-state index contributed by atoms with van der Waals surface area (Å²) < 4.78 is 0. The molecule has 1 N–H and O–H groups in total. The van der Waals surface area contributed by atoms with Crippen molar-refractivity contribution in [2.24, 2.45) is 0 Å². The van der Waals surface area contributed by atoms with Crippen LogP contribution in [0.1, 0.15) is 35.6 Å². The Morgan fingerprint density at radius 1 is 1.04 bits per heavy atom. The molecule has 2 rings (SSSR count). The van der Waals surface area contributed by atoms with Crippen LogP contribution in [0.25, 0.3) is 0 Å². The van der Waals surface area contributed by atoms with E-state index in [4.69, 9.17) is 11.6 Å². The van der Waals surface area contributed by atoms with Gasteiger partial charge in [0, 0.05) is 37.1 Å². The van der Waals surface area contributed by atoms with Crippen LogP contribution in [0, 0.1) is 20.8 Å². The van der Waals surface area contributed by atoms with Crippen molar-refractivity contribution < 1.29 is 9.59 Å². The first-order valence-corrected chi connectivity index (χ1v) is 9.51. The molecule has 0 saturated carbocycles. The molecule has 0 aliphatic carbocycles. The van der Waals surface area contributed by atoms with Crippen molar-refractivity contribution in [1.29, 1.82) is 0 Å². The van der Waals surface area contributed by atoms with Crippen LogP contribution in [0.15, 0.2) is 36.4 Å². The van der Waals surface area contributed by atoms with Crippen LogP contribution in [-0.4, -0.2) is 29.8 Å². The normalized spacial score (nSPS) is 10.6. The summed E-state index contributed by atoms with van der Waals surface area (Å²) >= 11 is 6.00. The van der Waals surface area contributed by atoms with E-state index in [1.165, 1.54) is 12.5 Å². The van der Waals surface area contributed by atoms with E-state index in [9.17, 15) is 9.59 Å². The van der Waals surface area contributed by atoms with Gasteiger partial charge in [-0.2, -0.15) is 0 Å². The molecule has 0 atom stereocenters. The molecule has 144 valence electrons. The Balaban J connectivity index is 1.91. The van der Waals surface area contributed by atoms with Gasteiger partial charge >= 0.3 is 0 Å². The molecule has 2 aromatic rings. The number of rotatable bonds is 7. The highest BCUT2D eigenvalue weighted by Gasteiger charge is 2.13. The Labute approximate surface area is 166 Å². The smallest absolute Gasteiger partial charge is 0.226 e. The molecule has 2 aromatic carbocycles. The molecule has 27 heavy (non-hydrogen) atoms. The van der Waals surface area contributed by atoms with E-state index in [0.717, 1.165) is 22.4 Å². The summed E-state index contributed by atoms with van der Waals surface area (Å²) in [7, 11) is 0. The van der Waals surface area contributed by atoms with E-state index in [-0.39, 0.29) is 18.2 Å². The predicted octanol–water partition coefficient (Wildman–Crippen LogP) is 4.69. The van der Waals surface area contributed by atoms with Crippen LogP contribution < -0.4 is 5.32 Å². The monoisotopic (exact) mass is 386 g/mol. The van der Waals surface area contributed by atoms with Crippen LogP contribution in [0.3, 0.4) is 0 Å². The Bertz CT molecular complexity index is 810. The second-order valence-corrected chi connectivity index (χ2v) is 7.39. The van der Waals surface area contributed by atoms with Gasteiger partial charge in [0.25, 0.3) is 0 Å². The van der Waals surface area contributed by atoms with Gasteiger partial charge < -0.3 is 10.2 Å². The van der Waals surface area contributed by atoms with Crippen LogP contribution in [-0.2, 0) is 16.0 Å². The van der Waals surface area contributed by atoms with Gasteiger partial charge in [0.15, 0.2) is 0 Å². The molecule has 0 aromatic heterocycles. The standard InChI is InChI=1S/C22H27ClN2O2/c1-15-12-16(2)22(17(3)13-15)24-21(27)9-11-25(18(4)26)10-8-19-6-5-7-20(23)14-19/h5-7,12-14H,8-11H2,1-4H3,(H,24,27). The molecule has 0 aliphatic heterocycles. The number of benzene rings is 2. The highest BCUT2D eigenvalue weighted by atomic mass is 35.5. The second-order valence-electron chi connectivity index (χ2n) is 6.96. The molecule has 0 aliphatic rings. The number of carbonyl (C=O) groups excluding carboxylic acids is 2. The maximum Gasteiger partial charge on any atom is 0.226 e. The van der Waals surface area contributed by atoms with Gasteiger partial charge in [0.2, 0.25) is 11.8 Å². The van der Waals surface area contributed by atoms with Crippen molar-refractivity contribution in [2.75, 3.05) is 18.4 Å². The maximum atomic E-state index is 12.4. The molecule has 0 saturated heterocycles. The van der Waals surface area contributed by atoms with E-state index in [1.807, 2.05) is 45.0 Å². The number of carbonyl (C=O) groups is 2. The summed E-state index contributed by atoms with van der Waals surface area (Å²) in [6.07, 6.45) is 0.972. The van der Waals surface area contributed by atoms with Crippen molar-refractivity contribution in [1.82, 2.24) is 4.90 Å². The van der Waals surface area contributed by atoms with Crippen molar-refractivity contribution in [3.63, 3.8) is 0 Å².